The minimum absolute atomic E-state index is 0.0111. The Labute approximate surface area is 157 Å². The Bertz CT molecular complexity index is 290. The Morgan fingerprint density at radius 1 is 0.800 bits per heavy atom. The molecule has 3 heteroatoms. The lowest BCUT2D eigenvalue weighted by Gasteiger charge is -2.20. The van der Waals surface area contributed by atoms with E-state index >= 15 is 0 Å². The molecule has 0 aromatic rings. The van der Waals surface area contributed by atoms with Gasteiger partial charge in [0.05, 0.1) is 0 Å². The fourth-order valence-corrected chi connectivity index (χ4v) is 3.18. The summed E-state index contributed by atoms with van der Waals surface area (Å²) in [7, 11) is 0. The highest BCUT2D eigenvalue weighted by atomic mass is 16.5. The Kier molecular flexibility index (Phi) is 17.8. The Balaban J connectivity index is 3.40. The van der Waals surface area contributed by atoms with Gasteiger partial charge >= 0.3 is 5.97 Å². The highest BCUT2D eigenvalue weighted by Crippen LogP contribution is 2.12. The van der Waals surface area contributed by atoms with Crippen LogP contribution >= 0.6 is 0 Å². The average Bonchev–Trinajstić information content (AvgIpc) is 2.60. The van der Waals surface area contributed by atoms with Gasteiger partial charge in [0, 0.05) is 13.0 Å². The van der Waals surface area contributed by atoms with Crippen LogP contribution in [0.25, 0.3) is 0 Å². The molecule has 0 aromatic carbocycles. The molecule has 0 heterocycles. The van der Waals surface area contributed by atoms with Crippen molar-refractivity contribution in [3.05, 3.63) is 0 Å². The van der Waals surface area contributed by atoms with Crippen molar-refractivity contribution in [3.8, 4) is 0 Å². The number of hydrogen-bond acceptors (Lipinski definition) is 3. The minimum Gasteiger partial charge on any atom is -0.463 e. The van der Waals surface area contributed by atoms with Crippen molar-refractivity contribution in [2.75, 3.05) is 19.6 Å². The van der Waals surface area contributed by atoms with Gasteiger partial charge in [0.15, 0.2) is 0 Å². The SMILES string of the molecule is CCCCCCCCCCCCCC(=O)OC(C)CCN(CC)CC. The summed E-state index contributed by atoms with van der Waals surface area (Å²) < 4.78 is 5.52. The van der Waals surface area contributed by atoms with Crippen LogP contribution in [0.15, 0.2) is 0 Å². The highest BCUT2D eigenvalue weighted by molar-refractivity contribution is 5.69. The van der Waals surface area contributed by atoms with Gasteiger partial charge in [-0.05, 0) is 32.9 Å². The fraction of sp³-hybridized carbons (Fsp3) is 0.955. The maximum absolute atomic E-state index is 11.9. The summed E-state index contributed by atoms with van der Waals surface area (Å²) in [5.74, 6) is -0.0111. The molecule has 0 fully saturated rings. The smallest absolute Gasteiger partial charge is 0.306 e. The van der Waals surface area contributed by atoms with Gasteiger partial charge in [-0.3, -0.25) is 4.79 Å². The Morgan fingerprint density at radius 2 is 1.28 bits per heavy atom. The van der Waals surface area contributed by atoms with Crippen molar-refractivity contribution in [1.82, 2.24) is 4.90 Å². The summed E-state index contributed by atoms with van der Waals surface area (Å²) >= 11 is 0. The molecule has 0 radical (unpaired) electrons. The molecule has 0 aliphatic rings. The van der Waals surface area contributed by atoms with E-state index in [0.717, 1.165) is 32.5 Å². The van der Waals surface area contributed by atoms with E-state index in [1.54, 1.807) is 0 Å². The number of ether oxygens (including phenoxy) is 1. The van der Waals surface area contributed by atoms with Crippen LogP contribution in [0.3, 0.4) is 0 Å². The van der Waals surface area contributed by atoms with Crippen LogP contribution in [-0.4, -0.2) is 36.6 Å². The molecule has 0 saturated carbocycles. The van der Waals surface area contributed by atoms with Crippen molar-refractivity contribution in [1.29, 1.82) is 0 Å². The molecule has 1 atom stereocenters. The maximum Gasteiger partial charge on any atom is 0.306 e. The molecule has 0 aliphatic heterocycles. The molecule has 150 valence electrons. The topological polar surface area (TPSA) is 29.5 Å². The van der Waals surface area contributed by atoms with Crippen LogP contribution in [-0.2, 0) is 9.53 Å². The first kappa shape index (κ1) is 24.4. The first-order valence-corrected chi connectivity index (χ1v) is 11.1. The lowest BCUT2D eigenvalue weighted by atomic mass is 10.1. The fourth-order valence-electron chi connectivity index (χ4n) is 3.18. The number of carbonyl (C=O) groups excluding carboxylic acids is 1. The zero-order valence-electron chi connectivity index (χ0n) is 17.7. The van der Waals surface area contributed by atoms with Crippen LogP contribution in [0.4, 0.5) is 0 Å². The van der Waals surface area contributed by atoms with Gasteiger partial charge in [0.25, 0.3) is 0 Å². The number of rotatable bonds is 18. The zero-order chi connectivity index (χ0) is 18.8. The van der Waals surface area contributed by atoms with E-state index in [2.05, 4.69) is 25.7 Å². The van der Waals surface area contributed by atoms with Gasteiger partial charge in [-0.2, -0.15) is 0 Å². The third-order valence-corrected chi connectivity index (χ3v) is 5.06. The average molecular weight is 356 g/mol. The van der Waals surface area contributed by atoms with E-state index in [-0.39, 0.29) is 12.1 Å². The lowest BCUT2D eigenvalue weighted by molar-refractivity contribution is -0.148. The molecular weight excluding hydrogens is 310 g/mol. The second-order valence-corrected chi connectivity index (χ2v) is 7.40. The summed E-state index contributed by atoms with van der Waals surface area (Å²) in [5.41, 5.74) is 0. The van der Waals surface area contributed by atoms with Crippen molar-refractivity contribution in [3.63, 3.8) is 0 Å². The van der Waals surface area contributed by atoms with Gasteiger partial charge in [-0.25, -0.2) is 0 Å². The summed E-state index contributed by atoms with van der Waals surface area (Å²) in [5, 5.41) is 0. The predicted molar refractivity (Wildman–Crippen MR) is 109 cm³/mol. The first-order valence-electron chi connectivity index (χ1n) is 11.1. The van der Waals surface area contributed by atoms with Crippen molar-refractivity contribution < 1.29 is 9.53 Å². The molecule has 0 spiro atoms. The van der Waals surface area contributed by atoms with Crippen molar-refractivity contribution >= 4 is 5.97 Å². The van der Waals surface area contributed by atoms with E-state index in [4.69, 9.17) is 4.74 Å². The van der Waals surface area contributed by atoms with Crippen molar-refractivity contribution in [2.24, 2.45) is 0 Å². The second kappa shape index (κ2) is 18.2. The molecule has 0 saturated heterocycles. The molecule has 25 heavy (non-hydrogen) atoms. The first-order chi connectivity index (χ1) is 12.1. The summed E-state index contributed by atoms with van der Waals surface area (Å²) in [6, 6.07) is 0. The van der Waals surface area contributed by atoms with E-state index in [1.807, 2.05) is 6.92 Å². The molecule has 0 bridgehead atoms. The molecule has 0 rings (SSSR count). The number of nitrogens with zero attached hydrogens (tertiary/aromatic N) is 1. The molecule has 3 nitrogen and oxygen atoms in total. The zero-order valence-corrected chi connectivity index (χ0v) is 17.7. The van der Waals surface area contributed by atoms with Crippen LogP contribution < -0.4 is 0 Å². The quantitative estimate of drug-likeness (QED) is 0.212. The van der Waals surface area contributed by atoms with Crippen LogP contribution in [0.5, 0.6) is 0 Å². The number of carbonyl (C=O) groups is 1. The third kappa shape index (κ3) is 16.6. The Hall–Kier alpha value is -0.570. The maximum atomic E-state index is 11.9. The summed E-state index contributed by atoms with van der Waals surface area (Å²) in [6.07, 6.45) is 16.0. The van der Waals surface area contributed by atoms with Crippen molar-refractivity contribution in [2.45, 2.75) is 117 Å². The predicted octanol–water partition coefficient (Wildman–Crippen LogP) is 6.35. The van der Waals surface area contributed by atoms with Gasteiger partial charge in [0.1, 0.15) is 6.10 Å². The van der Waals surface area contributed by atoms with Gasteiger partial charge in [-0.1, -0.05) is 85.0 Å². The Morgan fingerprint density at radius 3 is 1.76 bits per heavy atom. The van der Waals surface area contributed by atoms with Crippen LogP contribution in [0.2, 0.25) is 0 Å². The number of unbranched alkanes of at least 4 members (excludes halogenated alkanes) is 10. The second-order valence-electron chi connectivity index (χ2n) is 7.40. The molecule has 0 N–H and O–H groups in total. The lowest BCUT2D eigenvalue weighted by Crippen LogP contribution is -2.27. The largest absolute Gasteiger partial charge is 0.463 e. The molecule has 0 aromatic heterocycles. The van der Waals surface area contributed by atoms with Gasteiger partial charge < -0.3 is 9.64 Å². The third-order valence-electron chi connectivity index (χ3n) is 5.06. The highest BCUT2D eigenvalue weighted by Gasteiger charge is 2.10. The minimum atomic E-state index is -0.0111. The number of hydrogen-bond donors (Lipinski definition) is 0. The molecule has 0 amide bonds. The van der Waals surface area contributed by atoms with Gasteiger partial charge in [-0.15, -0.1) is 0 Å². The standard InChI is InChI=1S/C22H45NO2/c1-5-8-9-10-11-12-13-14-15-16-17-18-22(24)25-21(4)19-20-23(6-2)7-3/h21H,5-20H2,1-4H3. The number of esters is 1. The summed E-state index contributed by atoms with van der Waals surface area (Å²) in [4.78, 5) is 14.2. The molecular formula is C22H45NO2. The summed E-state index contributed by atoms with van der Waals surface area (Å²) in [6.45, 7) is 11.8. The monoisotopic (exact) mass is 355 g/mol. The van der Waals surface area contributed by atoms with Gasteiger partial charge in [0.2, 0.25) is 0 Å². The molecule has 1 unspecified atom stereocenters. The van der Waals surface area contributed by atoms with Crippen LogP contribution in [0, 0.1) is 0 Å². The van der Waals surface area contributed by atoms with E-state index in [0.29, 0.717) is 6.42 Å². The van der Waals surface area contributed by atoms with E-state index < -0.39 is 0 Å². The normalized spacial score (nSPS) is 12.5. The van der Waals surface area contributed by atoms with E-state index in [9.17, 15) is 4.79 Å². The molecule has 0 aliphatic carbocycles. The van der Waals surface area contributed by atoms with E-state index in [1.165, 1.54) is 64.2 Å². The van der Waals surface area contributed by atoms with Crippen LogP contribution in [0.1, 0.15) is 111 Å².